The van der Waals surface area contributed by atoms with E-state index < -0.39 is 6.10 Å². The molecule has 0 aliphatic heterocycles. The lowest BCUT2D eigenvalue weighted by Crippen LogP contribution is -2.13. The Morgan fingerprint density at radius 3 is 2.44 bits per heavy atom. The van der Waals surface area contributed by atoms with E-state index in [0.717, 1.165) is 12.8 Å². The second-order valence-electron chi connectivity index (χ2n) is 5.32. The van der Waals surface area contributed by atoms with Gasteiger partial charge in [0.25, 0.3) is 0 Å². The van der Waals surface area contributed by atoms with Crippen molar-refractivity contribution in [3.8, 4) is 0 Å². The van der Waals surface area contributed by atoms with Crippen molar-refractivity contribution in [3.05, 3.63) is 34.1 Å². The molecule has 1 aliphatic rings. The summed E-state index contributed by atoms with van der Waals surface area (Å²) in [7, 11) is 0. The van der Waals surface area contributed by atoms with Crippen LogP contribution in [0.5, 0.6) is 0 Å². The minimum Gasteiger partial charge on any atom is -0.388 e. The van der Waals surface area contributed by atoms with Gasteiger partial charge in [0.2, 0.25) is 0 Å². The number of halogens is 2. The molecule has 1 fully saturated rings. The summed E-state index contributed by atoms with van der Waals surface area (Å²) in [6, 6.07) is 3.00. The number of hydrogen-bond donors (Lipinski definition) is 1. The predicted octanol–water partition coefficient (Wildman–Crippen LogP) is 4.79. The van der Waals surface area contributed by atoms with Crippen LogP contribution in [-0.2, 0) is 0 Å². The summed E-state index contributed by atoms with van der Waals surface area (Å²) in [5, 5.41) is 10.8. The summed E-state index contributed by atoms with van der Waals surface area (Å²) in [6.45, 7) is 1.70. The van der Waals surface area contributed by atoms with E-state index in [1.54, 1.807) is 13.0 Å². The number of aliphatic hydroxyl groups is 1. The van der Waals surface area contributed by atoms with Gasteiger partial charge in [-0.25, -0.2) is 4.39 Å². The molecule has 0 amide bonds. The number of hydrogen-bond acceptors (Lipinski definition) is 1. The smallest absolute Gasteiger partial charge is 0.127 e. The third-order valence-corrected chi connectivity index (χ3v) is 4.27. The molecule has 1 unspecified atom stereocenters. The van der Waals surface area contributed by atoms with Gasteiger partial charge in [-0.1, -0.05) is 37.3 Å². The Labute approximate surface area is 113 Å². The Bertz CT molecular complexity index is 411. The van der Waals surface area contributed by atoms with E-state index in [4.69, 9.17) is 11.6 Å². The average Bonchev–Trinajstić information content (AvgIpc) is 2.61. The fourth-order valence-corrected chi connectivity index (χ4v) is 3.05. The lowest BCUT2D eigenvalue weighted by Gasteiger charge is -2.23. The molecule has 0 bridgehead atoms. The predicted molar refractivity (Wildman–Crippen MR) is 72.3 cm³/mol. The van der Waals surface area contributed by atoms with Crippen molar-refractivity contribution in [2.45, 2.75) is 51.6 Å². The van der Waals surface area contributed by atoms with Gasteiger partial charge in [-0.05, 0) is 48.9 Å². The van der Waals surface area contributed by atoms with E-state index in [1.165, 1.54) is 31.7 Å². The summed E-state index contributed by atoms with van der Waals surface area (Å²) in [6.07, 6.45) is 6.34. The van der Waals surface area contributed by atoms with Gasteiger partial charge < -0.3 is 5.11 Å². The Hall–Kier alpha value is -0.600. The van der Waals surface area contributed by atoms with E-state index >= 15 is 0 Å². The molecule has 1 atom stereocenters. The van der Waals surface area contributed by atoms with Gasteiger partial charge >= 0.3 is 0 Å². The Morgan fingerprint density at radius 2 is 1.83 bits per heavy atom. The van der Waals surface area contributed by atoms with Crippen LogP contribution in [-0.4, -0.2) is 5.11 Å². The van der Waals surface area contributed by atoms with Crippen LogP contribution in [0.2, 0.25) is 5.02 Å². The lowest BCUT2D eigenvalue weighted by molar-refractivity contribution is 0.0987. The van der Waals surface area contributed by atoms with Crippen LogP contribution < -0.4 is 0 Å². The SMILES string of the molecule is Cc1cc(C(O)C2CCCCCC2)c(Cl)cc1F. The molecule has 0 saturated heterocycles. The third kappa shape index (κ3) is 3.04. The molecule has 0 radical (unpaired) electrons. The topological polar surface area (TPSA) is 20.2 Å². The van der Waals surface area contributed by atoms with Gasteiger partial charge in [0.1, 0.15) is 5.82 Å². The molecule has 1 aliphatic carbocycles. The van der Waals surface area contributed by atoms with Crippen LogP contribution in [0, 0.1) is 18.7 Å². The lowest BCUT2D eigenvalue weighted by atomic mass is 9.89. The van der Waals surface area contributed by atoms with Crippen LogP contribution >= 0.6 is 11.6 Å². The van der Waals surface area contributed by atoms with Crippen LogP contribution in [0.3, 0.4) is 0 Å². The summed E-state index contributed by atoms with van der Waals surface area (Å²) in [4.78, 5) is 0. The maximum Gasteiger partial charge on any atom is 0.127 e. The fraction of sp³-hybridized carbons (Fsp3) is 0.600. The molecule has 1 aromatic carbocycles. The first-order valence-electron chi connectivity index (χ1n) is 6.73. The minimum atomic E-state index is -0.560. The van der Waals surface area contributed by atoms with Gasteiger partial charge in [0.05, 0.1) is 6.10 Å². The molecule has 3 heteroatoms. The highest BCUT2D eigenvalue weighted by Gasteiger charge is 2.24. The van der Waals surface area contributed by atoms with Crippen molar-refractivity contribution in [1.29, 1.82) is 0 Å². The van der Waals surface area contributed by atoms with Gasteiger partial charge in [-0.2, -0.15) is 0 Å². The first-order valence-corrected chi connectivity index (χ1v) is 7.11. The minimum absolute atomic E-state index is 0.259. The monoisotopic (exact) mass is 270 g/mol. The fourth-order valence-electron chi connectivity index (χ4n) is 2.79. The van der Waals surface area contributed by atoms with Crippen molar-refractivity contribution >= 4 is 11.6 Å². The third-order valence-electron chi connectivity index (χ3n) is 3.94. The van der Waals surface area contributed by atoms with Crippen LogP contribution in [0.25, 0.3) is 0 Å². The molecule has 0 heterocycles. The van der Waals surface area contributed by atoms with Crippen molar-refractivity contribution in [1.82, 2.24) is 0 Å². The highest BCUT2D eigenvalue weighted by molar-refractivity contribution is 6.31. The molecule has 0 aromatic heterocycles. The molecule has 1 N–H and O–H groups in total. The molecule has 1 saturated carbocycles. The standard InChI is InChI=1S/C15H20ClFO/c1-10-8-12(13(16)9-14(10)17)15(18)11-6-4-2-3-5-7-11/h8-9,11,15,18H,2-7H2,1H3. The van der Waals surface area contributed by atoms with Gasteiger partial charge in [-0.3, -0.25) is 0 Å². The van der Waals surface area contributed by atoms with Crippen molar-refractivity contribution in [2.24, 2.45) is 5.92 Å². The number of aryl methyl sites for hydroxylation is 1. The summed E-state index contributed by atoms with van der Waals surface area (Å²) < 4.78 is 13.4. The van der Waals surface area contributed by atoms with E-state index in [0.29, 0.717) is 16.1 Å². The van der Waals surface area contributed by atoms with Gasteiger partial charge in [0, 0.05) is 5.02 Å². The second-order valence-corrected chi connectivity index (χ2v) is 5.73. The zero-order valence-corrected chi connectivity index (χ0v) is 11.5. The maximum absolute atomic E-state index is 13.4. The molecular formula is C15H20ClFO. The highest BCUT2D eigenvalue weighted by atomic mass is 35.5. The molecule has 18 heavy (non-hydrogen) atoms. The normalized spacial score (nSPS) is 19.6. The largest absolute Gasteiger partial charge is 0.388 e. The first-order chi connectivity index (χ1) is 8.59. The summed E-state index contributed by atoms with van der Waals surface area (Å²) in [5.74, 6) is -0.0494. The zero-order valence-electron chi connectivity index (χ0n) is 10.8. The van der Waals surface area contributed by atoms with E-state index in [-0.39, 0.29) is 11.7 Å². The number of rotatable bonds is 2. The van der Waals surface area contributed by atoms with Gasteiger partial charge in [-0.15, -0.1) is 0 Å². The molecule has 1 aromatic rings. The van der Waals surface area contributed by atoms with Crippen LogP contribution in [0.4, 0.5) is 4.39 Å². The van der Waals surface area contributed by atoms with Crippen molar-refractivity contribution < 1.29 is 9.50 Å². The van der Waals surface area contributed by atoms with Gasteiger partial charge in [0.15, 0.2) is 0 Å². The quantitative estimate of drug-likeness (QED) is 0.766. The highest BCUT2D eigenvalue weighted by Crippen LogP contribution is 2.37. The molecule has 2 rings (SSSR count). The molecule has 1 nitrogen and oxygen atoms in total. The Kier molecular flexibility index (Phi) is 4.63. The van der Waals surface area contributed by atoms with Crippen LogP contribution in [0.1, 0.15) is 55.8 Å². The first kappa shape index (κ1) is 13.8. The summed E-state index contributed by atoms with van der Waals surface area (Å²) in [5.41, 5.74) is 1.23. The number of benzene rings is 1. The van der Waals surface area contributed by atoms with E-state index in [9.17, 15) is 9.50 Å². The Morgan fingerprint density at radius 1 is 1.22 bits per heavy atom. The van der Waals surface area contributed by atoms with E-state index in [2.05, 4.69) is 0 Å². The Balaban J connectivity index is 2.21. The van der Waals surface area contributed by atoms with Crippen LogP contribution in [0.15, 0.2) is 12.1 Å². The zero-order chi connectivity index (χ0) is 13.1. The number of aliphatic hydroxyl groups excluding tert-OH is 1. The summed E-state index contributed by atoms with van der Waals surface area (Å²) >= 11 is 6.06. The molecular weight excluding hydrogens is 251 g/mol. The molecule has 0 spiro atoms. The second kappa shape index (κ2) is 6.03. The maximum atomic E-state index is 13.4. The van der Waals surface area contributed by atoms with Crippen molar-refractivity contribution in [3.63, 3.8) is 0 Å². The average molecular weight is 271 g/mol. The van der Waals surface area contributed by atoms with Crippen molar-refractivity contribution in [2.75, 3.05) is 0 Å². The van der Waals surface area contributed by atoms with E-state index in [1.807, 2.05) is 0 Å². The molecule has 100 valence electrons.